The molecule has 1 aromatic heterocycles. The Balaban J connectivity index is 1.72. The van der Waals surface area contributed by atoms with Gasteiger partial charge >= 0.3 is 11.8 Å². The highest BCUT2D eigenvalue weighted by atomic mass is 16.5. The lowest BCUT2D eigenvalue weighted by atomic mass is 10.1. The lowest BCUT2D eigenvalue weighted by molar-refractivity contribution is -0.136. The number of hydrogen-bond donors (Lipinski definition) is 2. The van der Waals surface area contributed by atoms with Gasteiger partial charge in [-0.15, -0.1) is 0 Å². The van der Waals surface area contributed by atoms with Crippen LogP contribution in [0.4, 0.5) is 5.69 Å². The number of benzene rings is 2. The summed E-state index contributed by atoms with van der Waals surface area (Å²) in [6.07, 6.45) is 1.53. The number of methoxy groups -OCH3 is 2. The first kappa shape index (κ1) is 23.6. The van der Waals surface area contributed by atoms with E-state index in [1.807, 2.05) is 26.0 Å². The highest BCUT2D eigenvalue weighted by Gasteiger charge is 2.17. The van der Waals surface area contributed by atoms with Gasteiger partial charge in [-0.1, -0.05) is 18.2 Å². The zero-order chi connectivity index (χ0) is 24.1. The Labute approximate surface area is 193 Å². The van der Waals surface area contributed by atoms with Crippen LogP contribution in [0.5, 0.6) is 11.5 Å². The van der Waals surface area contributed by atoms with E-state index in [0.717, 1.165) is 22.6 Å². The fourth-order valence-corrected chi connectivity index (χ4v) is 3.71. The molecule has 0 saturated heterocycles. The summed E-state index contributed by atoms with van der Waals surface area (Å²) >= 11 is 0. The van der Waals surface area contributed by atoms with Gasteiger partial charge in [-0.3, -0.25) is 9.59 Å². The largest absolute Gasteiger partial charge is 0.497 e. The molecule has 0 spiro atoms. The number of rotatable bonds is 6. The van der Waals surface area contributed by atoms with Crippen LogP contribution in [0.1, 0.15) is 28.1 Å². The Morgan fingerprint density at radius 3 is 2.27 bits per heavy atom. The van der Waals surface area contributed by atoms with Crippen LogP contribution in [0.15, 0.2) is 47.6 Å². The van der Waals surface area contributed by atoms with E-state index in [9.17, 15) is 9.59 Å². The first-order chi connectivity index (χ1) is 15.8. The second kappa shape index (κ2) is 10.0. The van der Waals surface area contributed by atoms with Crippen molar-refractivity contribution < 1.29 is 19.1 Å². The van der Waals surface area contributed by atoms with Gasteiger partial charge in [-0.25, -0.2) is 5.43 Å². The molecule has 0 unspecified atom stereocenters. The maximum atomic E-state index is 12.3. The second-order valence-electron chi connectivity index (χ2n) is 7.62. The van der Waals surface area contributed by atoms with Gasteiger partial charge < -0.3 is 19.4 Å². The van der Waals surface area contributed by atoms with Gasteiger partial charge in [0.2, 0.25) is 0 Å². The van der Waals surface area contributed by atoms with Gasteiger partial charge in [0.25, 0.3) is 0 Å². The van der Waals surface area contributed by atoms with Crippen molar-refractivity contribution in [2.24, 2.45) is 5.10 Å². The van der Waals surface area contributed by atoms with Crippen LogP contribution in [0, 0.1) is 27.7 Å². The third kappa shape index (κ3) is 5.06. The van der Waals surface area contributed by atoms with Crippen LogP contribution >= 0.6 is 0 Å². The van der Waals surface area contributed by atoms with Crippen LogP contribution in [-0.4, -0.2) is 36.8 Å². The second-order valence-corrected chi connectivity index (χ2v) is 7.62. The van der Waals surface area contributed by atoms with Crippen molar-refractivity contribution in [1.29, 1.82) is 0 Å². The summed E-state index contributed by atoms with van der Waals surface area (Å²) in [4.78, 5) is 24.5. The van der Waals surface area contributed by atoms with Gasteiger partial charge in [0, 0.05) is 23.0 Å². The van der Waals surface area contributed by atoms with Crippen LogP contribution in [0.3, 0.4) is 0 Å². The lowest BCUT2D eigenvalue weighted by Gasteiger charge is -2.15. The number of hydrogen-bond acceptors (Lipinski definition) is 5. The monoisotopic (exact) mass is 448 g/mol. The first-order valence-corrected chi connectivity index (χ1v) is 10.4. The minimum Gasteiger partial charge on any atom is -0.497 e. The molecule has 0 aliphatic heterocycles. The Morgan fingerprint density at radius 2 is 1.64 bits per heavy atom. The molecule has 3 aromatic rings. The van der Waals surface area contributed by atoms with E-state index in [2.05, 4.69) is 46.4 Å². The maximum Gasteiger partial charge on any atom is 0.329 e. The average molecular weight is 449 g/mol. The van der Waals surface area contributed by atoms with Crippen molar-refractivity contribution in [2.45, 2.75) is 27.7 Å². The molecule has 8 heteroatoms. The van der Waals surface area contributed by atoms with Gasteiger partial charge in [-0.2, -0.15) is 5.10 Å². The van der Waals surface area contributed by atoms with Gasteiger partial charge in [0.15, 0.2) is 0 Å². The minimum absolute atomic E-state index is 0.347. The van der Waals surface area contributed by atoms with Gasteiger partial charge in [0.1, 0.15) is 11.5 Å². The molecule has 2 aromatic carbocycles. The van der Waals surface area contributed by atoms with Crippen molar-refractivity contribution in [1.82, 2.24) is 9.99 Å². The van der Waals surface area contributed by atoms with E-state index in [-0.39, 0.29) is 0 Å². The Morgan fingerprint density at radius 1 is 0.939 bits per heavy atom. The van der Waals surface area contributed by atoms with Crippen LogP contribution in [0.2, 0.25) is 0 Å². The minimum atomic E-state index is -0.896. The van der Waals surface area contributed by atoms with Gasteiger partial charge in [0.05, 0.1) is 31.8 Å². The SMILES string of the molecule is COc1ccc(NC(=O)C(=O)N/N=C\c2cc(C)n(-c3c(C)cccc3C)c2C)c(OC)c1. The smallest absolute Gasteiger partial charge is 0.329 e. The molecule has 1 heterocycles. The van der Waals surface area contributed by atoms with Crippen molar-refractivity contribution in [2.75, 3.05) is 19.5 Å². The fraction of sp³-hybridized carbons (Fsp3) is 0.240. The highest BCUT2D eigenvalue weighted by Crippen LogP contribution is 2.29. The van der Waals surface area contributed by atoms with Crippen molar-refractivity contribution >= 4 is 23.7 Å². The quantitative estimate of drug-likeness (QED) is 0.341. The normalized spacial score (nSPS) is 10.8. The van der Waals surface area contributed by atoms with E-state index in [1.54, 1.807) is 18.2 Å². The Bertz CT molecular complexity index is 1210. The fourth-order valence-electron chi connectivity index (χ4n) is 3.71. The molecule has 0 saturated carbocycles. The van der Waals surface area contributed by atoms with E-state index < -0.39 is 11.8 Å². The third-order valence-electron chi connectivity index (χ3n) is 5.37. The summed E-state index contributed by atoms with van der Waals surface area (Å²) in [5.41, 5.74) is 8.95. The number of anilines is 1. The van der Waals surface area contributed by atoms with Crippen LogP contribution in [-0.2, 0) is 9.59 Å². The van der Waals surface area contributed by atoms with Crippen molar-refractivity contribution in [3.05, 3.63) is 70.5 Å². The van der Waals surface area contributed by atoms with Gasteiger partial charge in [-0.05, 0) is 57.0 Å². The molecule has 2 N–H and O–H groups in total. The average Bonchev–Trinajstić information content (AvgIpc) is 3.07. The van der Waals surface area contributed by atoms with Crippen molar-refractivity contribution in [3.8, 4) is 17.2 Å². The summed E-state index contributed by atoms with van der Waals surface area (Å²) in [6, 6.07) is 13.0. The number of carbonyl (C=O) groups excluding carboxylic acids is 2. The lowest BCUT2D eigenvalue weighted by Crippen LogP contribution is -2.32. The molecule has 0 atom stereocenters. The number of aryl methyl sites for hydroxylation is 3. The van der Waals surface area contributed by atoms with Crippen molar-refractivity contribution in [3.63, 3.8) is 0 Å². The molecule has 33 heavy (non-hydrogen) atoms. The number of nitrogens with one attached hydrogen (secondary N) is 2. The molecular formula is C25H28N4O4. The summed E-state index contributed by atoms with van der Waals surface area (Å²) < 4.78 is 12.5. The number of ether oxygens (including phenoxy) is 2. The predicted octanol–water partition coefficient (Wildman–Crippen LogP) is 3.82. The molecular weight excluding hydrogens is 420 g/mol. The summed E-state index contributed by atoms with van der Waals surface area (Å²) in [5, 5.41) is 6.49. The molecule has 8 nitrogen and oxygen atoms in total. The predicted molar refractivity (Wildman–Crippen MR) is 129 cm³/mol. The zero-order valence-electron chi connectivity index (χ0n) is 19.6. The number of para-hydroxylation sites is 1. The Hall–Kier alpha value is -4.07. The van der Waals surface area contributed by atoms with E-state index >= 15 is 0 Å². The number of carbonyl (C=O) groups is 2. The Kier molecular flexibility index (Phi) is 7.17. The molecule has 0 fully saturated rings. The van der Waals surface area contributed by atoms with Crippen LogP contribution in [0.25, 0.3) is 5.69 Å². The molecule has 3 rings (SSSR count). The number of aromatic nitrogens is 1. The van der Waals surface area contributed by atoms with E-state index in [1.165, 1.54) is 31.6 Å². The molecule has 0 radical (unpaired) electrons. The highest BCUT2D eigenvalue weighted by molar-refractivity contribution is 6.39. The van der Waals surface area contributed by atoms with Crippen LogP contribution < -0.4 is 20.2 Å². The summed E-state index contributed by atoms with van der Waals surface area (Å²) in [7, 11) is 2.99. The molecule has 172 valence electrons. The maximum absolute atomic E-state index is 12.3. The summed E-state index contributed by atoms with van der Waals surface area (Å²) in [6.45, 7) is 8.16. The number of hydrazone groups is 1. The zero-order valence-corrected chi connectivity index (χ0v) is 19.6. The summed E-state index contributed by atoms with van der Waals surface area (Å²) in [5.74, 6) is -0.820. The third-order valence-corrected chi connectivity index (χ3v) is 5.37. The number of nitrogens with zero attached hydrogens (tertiary/aromatic N) is 2. The molecule has 0 aliphatic carbocycles. The number of amides is 2. The standard InChI is InChI=1S/C25H28N4O4/c1-15-8-7-9-16(2)23(15)29-17(3)12-19(18(29)4)14-26-28-25(31)24(30)27-21-11-10-20(32-5)13-22(21)33-6/h7-14H,1-6H3,(H,27,30)(H,28,31)/b26-14-. The van der Waals surface area contributed by atoms with E-state index in [0.29, 0.717) is 17.2 Å². The van der Waals surface area contributed by atoms with E-state index in [4.69, 9.17) is 9.47 Å². The topological polar surface area (TPSA) is 94.0 Å². The first-order valence-electron chi connectivity index (χ1n) is 10.4. The molecule has 0 bridgehead atoms. The molecule has 0 aliphatic rings. The molecule has 2 amide bonds.